The Balaban J connectivity index is 2.08. The predicted octanol–water partition coefficient (Wildman–Crippen LogP) is 0.0239. The molecule has 2 atom stereocenters. The van der Waals surface area contributed by atoms with E-state index in [4.69, 9.17) is 5.11 Å². The van der Waals surface area contributed by atoms with Crippen LogP contribution in [-0.2, 0) is 23.9 Å². The van der Waals surface area contributed by atoms with Crippen molar-refractivity contribution in [1.29, 1.82) is 0 Å². The average Bonchev–Trinajstić information content (AvgIpc) is 2.92. The van der Waals surface area contributed by atoms with Crippen molar-refractivity contribution >= 4 is 29.4 Å². The molecule has 1 aliphatic heterocycles. The Morgan fingerprint density at radius 2 is 1.85 bits per heavy atom. The van der Waals surface area contributed by atoms with Gasteiger partial charge in [0.2, 0.25) is 18.1 Å². The van der Waals surface area contributed by atoms with Gasteiger partial charge in [-0.1, -0.05) is 18.2 Å². The van der Waals surface area contributed by atoms with E-state index in [1.165, 1.54) is 0 Å². The zero-order valence-electron chi connectivity index (χ0n) is 13.7. The van der Waals surface area contributed by atoms with Crippen LogP contribution in [0.15, 0.2) is 42.0 Å². The van der Waals surface area contributed by atoms with Gasteiger partial charge in [0.25, 0.3) is 0 Å². The van der Waals surface area contributed by atoms with E-state index in [0.717, 1.165) is 6.08 Å². The fourth-order valence-corrected chi connectivity index (χ4v) is 2.33. The Morgan fingerprint density at radius 3 is 2.42 bits per heavy atom. The highest BCUT2D eigenvalue weighted by atomic mass is 16.6. The number of carbonyl (C=O) groups is 4. The number of aliphatic hydroxyl groups excluding tert-OH is 1. The van der Waals surface area contributed by atoms with Crippen molar-refractivity contribution in [3.8, 4) is 0 Å². The lowest BCUT2D eigenvalue weighted by Crippen LogP contribution is -2.38. The molecule has 4 N–H and O–H groups in total. The highest BCUT2D eigenvalue weighted by Gasteiger charge is 2.34. The molecule has 0 aliphatic carbocycles. The van der Waals surface area contributed by atoms with Crippen LogP contribution in [0, 0.1) is 5.92 Å². The normalized spacial score (nSPS) is 17.0. The Bertz CT molecular complexity index is 730. The molecule has 0 saturated heterocycles. The van der Waals surface area contributed by atoms with Crippen LogP contribution >= 0.6 is 0 Å². The van der Waals surface area contributed by atoms with Crippen LogP contribution in [0.3, 0.4) is 0 Å². The van der Waals surface area contributed by atoms with E-state index < -0.39 is 36.0 Å². The van der Waals surface area contributed by atoms with E-state index in [-0.39, 0.29) is 25.0 Å². The molecule has 2 amide bonds. The third-order valence-electron chi connectivity index (χ3n) is 3.63. The maximum atomic E-state index is 12.6. The second kappa shape index (κ2) is 8.77. The number of esters is 1. The molecule has 26 heavy (non-hydrogen) atoms. The van der Waals surface area contributed by atoms with Crippen molar-refractivity contribution in [3.63, 3.8) is 0 Å². The van der Waals surface area contributed by atoms with Gasteiger partial charge in [-0.3, -0.25) is 14.4 Å². The lowest BCUT2D eigenvalue weighted by Gasteiger charge is -2.20. The number of anilines is 1. The van der Waals surface area contributed by atoms with E-state index in [9.17, 15) is 24.3 Å². The monoisotopic (exact) mass is 362 g/mol. The Morgan fingerprint density at radius 1 is 1.15 bits per heavy atom. The number of benzene rings is 1. The summed E-state index contributed by atoms with van der Waals surface area (Å²) in [6.45, 7) is -0.226. The van der Waals surface area contributed by atoms with Crippen molar-refractivity contribution < 1.29 is 34.1 Å². The fourth-order valence-electron chi connectivity index (χ4n) is 2.33. The van der Waals surface area contributed by atoms with Crippen molar-refractivity contribution in [2.24, 2.45) is 5.92 Å². The molecule has 1 heterocycles. The molecule has 9 heteroatoms. The highest BCUT2D eigenvalue weighted by Crippen LogP contribution is 2.23. The first-order valence-corrected chi connectivity index (χ1v) is 7.81. The molecule has 0 bridgehead atoms. The summed E-state index contributed by atoms with van der Waals surface area (Å²) in [5.41, 5.74) is 0.516. The van der Waals surface area contributed by atoms with E-state index in [1.807, 2.05) is 0 Å². The van der Waals surface area contributed by atoms with Crippen molar-refractivity contribution in [3.05, 3.63) is 42.0 Å². The molecule has 0 fully saturated rings. The first kappa shape index (κ1) is 19.1. The summed E-state index contributed by atoms with van der Waals surface area (Å²) < 4.78 is 4.59. The van der Waals surface area contributed by atoms with Crippen LogP contribution in [0.1, 0.15) is 12.8 Å². The number of ether oxygens (including phenoxy) is 1. The number of carbonyl (C=O) groups excluding carboxylic acids is 3. The predicted molar refractivity (Wildman–Crippen MR) is 88.6 cm³/mol. The first-order chi connectivity index (χ1) is 12.4. The van der Waals surface area contributed by atoms with Crippen LogP contribution in [-0.4, -0.2) is 46.8 Å². The molecule has 0 saturated carbocycles. The number of carboxylic acids is 1. The Hall–Kier alpha value is -3.20. The largest absolute Gasteiger partial charge is 0.481 e. The number of hydrogen-bond donors (Lipinski definition) is 4. The van der Waals surface area contributed by atoms with Gasteiger partial charge in [0.15, 0.2) is 0 Å². The summed E-state index contributed by atoms with van der Waals surface area (Å²) in [6, 6.07) is 8.51. The summed E-state index contributed by atoms with van der Waals surface area (Å²) >= 11 is 0. The molecule has 0 spiro atoms. The van der Waals surface area contributed by atoms with Crippen LogP contribution in [0.4, 0.5) is 5.69 Å². The summed E-state index contributed by atoms with van der Waals surface area (Å²) in [6.07, 6.45) is -1.17. The number of aliphatic carboxylic acids is 1. The smallest absolute Gasteiger partial charge is 0.333 e. The van der Waals surface area contributed by atoms with E-state index >= 15 is 0 Å². The zero-order valence-corrected chi connectivity index (χ0v) is 13.7. The maximum Gasteiger partial charge on any atom is 0.333 e. The summed E-state index contributed by atoms with van der Waals surface area (Å²) in [5, 5.41) is 23.5. The van der Waals surface area contributed by atoms with Gasteiger partial charge in [-0.2, -0.15) is 0 Å². The summed E-state index contributed by atoms with van der Waals surface area (Å²) in [4.78, 5) is 46.1. The van der Waals surface area contributed by atoms with Gasteiger partial charge < -0.3 is 25.6 Å². The summed E-state index contributed by atoms with van der Waals surface area (Å²) in [5.74, 6) is -4.09. The van der Waals surface area contributed by atoms with Gasteiger partial charge in [0.1, 0.15) is 0 Å². The second-order valence-electron chi connectivity index (χ2n) is 5.54. The molecular weight excluding hydrogens is 344 g/mol. The van der Waals surface area contributed by atoms with Gasteiger partial charge in [0.05, 0.1) is 12.3 Å². The Labute approximate surface area is 148 Å². The van der Waals surface area contributed by atoms with Gasteiger partial charge in [-0.15, -0.1) is 0 Å². The number of para-hydroxylation sites is 1. The van der Waals surface area contributed by atoms with Gasteiger partial charge >= 0.3 is 11.9 Å². The van der Waals surface area contributed by atoms with Crippen LogP contribution < -0.4 is 10.6 Å². The van der Waals surface area contributed by atoms with Crippen LogP contribution in [0.5, 0.6) is 0 Å². The number of amides is 2. The van der Waals surface area contributed by atoms with Crippen LogP contribution in [0.25, 0.3) is 0 Å². The second-order valence-corrected chi connectivity index (χ2v) is 5.54. The van der Waals surface area contributed by atoms with Crippen molar-refractivity contribution in [1.82, 2.24) is 5.32 Å². The third-order valence-corrected chi connectivity index (χ3v) is 3.63. The van der Waals surface area contributed by atoms with Gasteiger partial charge in [-0.25, -0.2) is 4.79 Å². The molecule has 9 nitrogen and oxygen atoms in total. The summed E-state index contributed by atoms with van der Waals surface area (Å²) in [7, 11) is 0. The molecule has 0 radical (unpaired) electrons. The van der Waals surface area contributed by atoms with Crippen LogP contribution in [0.2, 0.25) is 0 Å². The quantitative estimate of drug-likeness (QED) is 0.478. The number of rotatable bonds is 8. The number of cyclic esters (lactones) is 1. The number of hydrogen-bond acceptors (Lipinski definition) is 6. The molecule has 1 aromatic rings. The van der Waals surface area contributed by atoms with Crippen molar-refractivity contribution in [2.45, 2.75) is 19.1 Å². The first-order valence-electron chi connectivity index (χ1n) is 7.81. The standard InChI is InChI=1S/C17H18N2O7/c20-13(6-7-14(21)22)18-9-12(11-8-15(23)26-17(11)25)16(24)19-10-4-2-1-3-5-10/h1-5,8,12,17,25H,6-7,9H2,(H,18,20)(H,19,24)(H,21,22). The zero-order chi connectivity index (χ0) is 19.1. The van der Waals surface area contributed by atoms with Gasteiger partial charge in [0, 0.05) is 30.3 Å². The fraction of sp³-hybridized carbons (Fsp3) is 0.294. The number of nitrogens with one attached hydrogen (secondary N) is 2. The lowest BCUT2D eigenvalue weighted by atomic mass is 9.97. The third kappa shape index (κ3) is 5.42. The lowest BCUT2D eigenvalue weighted by molar-refractivity contribution is -0.152. The Kier molecular flexibility index (Phi) is 6.45. The molecule has 1 aromatic carbocycles. The highest BCUT2D eigenvalue weighted by molar-refractivity contribution is 5.97. The minimum absolute atomic E-state index is 0.0157. The van der Waals surface area contributed by atoms with E-state index in [0.29, 0.717) is 5.69 Å². The van der Waals surface area contributed by atoms with E-state index in [2.05, 4.69) is 15.4 Å². The van der Waals surface area contributed by atoms with E-state index in [1.54, 1.807) is 30.3 Å². The average molecular weight is 362 g/mol. The van der Waals surface area contributed by atoms with Crippen molar-refractivity contribution in [2.75, 3.05) is 11.9 Å². The molecule has 2 unspecified atom stereocenters. The SMILES string of the molecule is O=C(O)CCC(=O)NCC(C(=O)Nc1ccccc1)C1=CC(=O)OC1O. The minimum atomic E-state index is -1.58. The topological polar surface area (TPSA) is 142 Å². The minimum Gasteiger partial charge on any atom is -0.481 e. The van der Waals surface area contributed by atoms with Gasteiger partial charge in [-0.05, 0) is 12.1 Å². The molecule has 1 aliphatic rings. The molecule has 138 valence electrons. The molecule has 2 rings (SSSR count). The molecular formula is C17H18N2O7. The molecule has 0 aromatic heterocycles. The number of aliphatic hydroxyl groups is 1. The maximum absolute atomic E-state index is 12.6. The number of carboxylic acid groups (broad SMARTS) is 1.